The van der Waals surface area contributed by atoms with Gasteiger partial charge >= 0.3 is 0 Å². The molecular formula is C46H42Cl4F2N8O4. The minimum Gasteiger partial charge on any atom is -0.490 e. The van der Waals surface area contributed by atoms with E-state index < -0.39 is 23.5 Å². The molecule has 4 aromatic heterocycles. The lowest BCUT2D eigenvalue weighted by Gasteiger charge is -2.23. The van der Waals surface area contributed by atoms with Crippen LogP contribution in [0.5, 0.6) is 11.5 Å². The van der Waals surface area contributed by atoms with Gasteiger partial charge in [-0.1, -0.05) is 84.6 Å². The van der Waals surface area contributed by atoms with E-state index in [9.17, 15) is 9.59 Å². The summed E-state index contributed by atoms with van der Waals surface area (Å²) >= 11 is 25.3. The first kappa shape index (κ1) is 46.2. The number of allylic oxidation sites excluding steroid dienone is 8. The molecule has 0 fully saturated rings. The van der Waals surface area contributed by atoms with Crippen LogP contribution < -0.4 is 20.9 Å². The number of carbonyl (C=O) groups is 2. The summed E-state index contributed by atoms with van der Waals surface area (Å²) in [5.74, 6) is 0.226. The summed E-state index contributed by atoms with van der Waals surface area (Å²) in [6.07, 6.45) is 15.8. The van der Waals surface area contributed by atoms with Crippen molar-refractivity contribution in [1.82, 2.24) is 28.7 Å². The zero-order chi connectivity index (χ0) is 46.3. The van der Waals surface area contributed by atoms with Crippen molar-refractivity contribution in [2.45, 2.75) is 78.4 Å². The van der Waals surface area contributed by atoms with Crippen LogP contribution in [0.4, 0.5) is 20.4 Å². The Morgan fingerprint density at radius 1 is 0.625 bits per heavy atom. The van der Waals surface area contributed by atoms with E-state index in [0.717, 1.165) is 0 Å². The molecule has 0 spiro atoms. The van der Waals surface area contributed by atoms with Gasteiger partial charge in [-0.3, -0.25) is 18.4 Å². The summed E-state index contributed by atoms with van der Waals surface area (Å²) in [5, 5.41) is 0.317. The number of rotatable bonds is 10. The number of aromatic nitrogens is 6. The van der Waals surface area contributed by atoms with Crippen molar-refractivity contribution in [1.29, 1.82) is 0 Å². The minimum atomic E-state index is -0.608. The van der Waals surface area contributed by atoms with Gasteiger partial charge in [0.1, 0.15) is 34.2 Å². The molecule has 2 aliphatic rings. The summed E-state index contributed by atoms with van der Waals surface area (Å²) in [7, 11) is 0. The Balaban J connectivity index is 0.000000191. The molecule has 0 saturated carbocycles. The van der Waals surface area contributed by atoms with E-state index in [-0.39, 0.29) is 79.7 Å². The van der Waals surface area contributed by atoms with E-state index >= 15 is 8.78 Å². The molecule has 0 radical (unpaired) electrons. The second-order valence-electron chi connectivity index (χ2n) is 15.6. The number of nitrogens with two attached hydrogens (primary N) is 2. The minimum absolute atomic E-state index is 0.0548. The van der Waals surface area contributed by atoms with Crippen molar-refractivity contribution in [2.24, 2.45) is 0 Å². The molecule has 6 aromatic rings. The average molecular weight is 951 g/mol. The van der Waals surface area contributed by atoms with E-state index in [4.69, 9.17) is 67.3 Å². The molecule has 0 bridgehead atoms. The van der Waals surface area contributed by atoms with Gasteiger partial charge in [0.25, 0.3) is 0 Å². The number of ketones is 2. The quantitative estimate of drug-likeness (QED) is 0.135. The third-order valence-corrected chi connectivity index (χ3v) is 11.5. The number of ether oxygens (including phenoxy) is 2. The molecular weight excluding hydrogens is 908 g/mol. The van der Waals surface area contributed by atoms with Gasteiger partial charge in [-0.05, 0) is 63.1 Å². The number of benzene rings is 2. The number of hydrogen-bond donors (Lipinski definition) is 2. The molecule has 0 amide bonds. The van der Waals surface area contributed by atoms with Gasteiger partial charge in [0.2, 0.25) is 0 Å². The Morgan fingerprint density at radius 3 is 1.33 bits per heavy atom. The van der Waals surface area contributed by atoms with Crippen LogP contribution in [0.2, 0.25) is 20.4 Å². The van der Waals surface area contributed by atoms with Gasteiger partial charge < -0.3 is 20.9 Å². The predicted octanol–water partition coefficient (Wildman–Crippen LogP) is 11.2. The lowest BCUT2D eigenvalue weighted by molar-refractivity contribution is -0.114. The molecule has 12 nitrogen and oxygen atoms in total. The number of imidazole rings is 2. The molecule has 0 saturated heterocycles. The number of nitrogens with zero attached hydrogens (tertiary/aromatic N) is 6. The Hall–Kier alpha value is -5.80. The maximum absolute atomic E-state index is 15.3. The highest BCUT2D eigenvalue weighted by Crippen LogP contribution is 2.45. The molecule has 18 heteroatoms. The fourth-order valence-corrected chi connectivity index (χ4v) is 8.52. The normalized spacial score (nSPS) is 14.8. The van der Waals surface area contributed by atoms with Crippen LogP contribution in [-0.4, -0.2) is 52.5 Å². The van der Waals surface area contributed by atoms with Crippen molar-refractivity contribution in [2.75, 3.05) is 11.5 Å². The highest BCUT2D eigenvalue weighted by atomic mass is 35.5. The van der Waals surface area contributed by atoms with Crippen molar-refractivity contribution < 1.29 is 27.8 Å². The summed E-state index contributed by atoms with van der Waals surface area (Å²) < 4.78 is 46.4. The van der Waals surface area contributed by atoms with Crippen LogP contribution >= 0.6 is 46.4 Å². The Bertz CT molecular complexity index is 2790. The fourth-order valence-electron chi connectivity index (χ4n) is 7.55. The molecule has 0 aliphatic heterocycles. The van der Waals surface area contributed by atoms with Gasteiger partial charge in [-0.15, -0.1) is 0 Å². The molecule has 2 aliphatic carbocycles. The third kappa shape index (κ3) is 8.97. The second-order valence-corrected chi connectivity index (χ2v) is 17.1. The molecule has 4 heterocycles. The van der Waals surface area contributed by atoms with Crippen LogP contribution in [0.3, 0.4) is 0 Å². The van der Waals surface area contributed by atoms with Crippen molar-refractivity contribution >= 4 is 91.8 Å². The van der Waals surface area contributed by atoms with E-state index in [0.29, 0.717) is 56.5 Å². The highest BCUT2D eigenvalue weighted by molar-refractivity contribution is 6.34. The highest BCUT2D eigenvalue weighted by Gasteiger charge is 2.31. The van der Waals surface area contributed by atoms with Gasteiger partial charge in [-0.2, -0.15) is 0 Å². The van der Waals surface area contributed by atoms with E-state index in [1.54, 1.807) is 70.0 Å². The van der Waals surface area contributed by atoms with E-state index in [1.807, 2.05) is 41.5 Å². The number of nitrogen functional groups attached to an aromatic ring is 2. The second kappa shape index (κ2) is 18.7. The molecule has 8 rings (SSSR count). The van der Waals surface area contributed by atoms with E-state index in [1.165, 1.54) is 12.2 Å². The van der Waals surface area contributed by atoms with Crippen molar-refractivity contribution in [3.05, 3.63) is 139 Å². The molecule has 0 unspecified atom stereocenters. The number of anilines is 2. The first-order valence-corrected chi connectivity index (χ1v) is 21.6. The zero-order valence-electron chi connectivity index (χ0n) is 35.4. The number of fused-ring (bicyclic) bond motifs is 2. The van der Waals surface area contributed by atoms with Gasteiger partial charge in [0, 0.05) is 60.6 Å². The number of halogens is 6. The summed E-state index contributed by atoms with van der Waals surface area (Å²) in [4.78, 5) is 40.4. The standard InChI is InChI=1S/2C23H21Cl2FN4O2/c2*1-11(2)32-20-15(10-16(24)18(26)17(20)13-4-6-14(31)7-5-13)12(3)23-29-21(25)19-22(27)28-8-9-30(19)23/h2*4-6,8-12H,7H2,1-3H3,(H2,27,28)/t2*12-/m10/s1. The third-order valence-electron chi connectivity index (χ3n) is 10.5. The molecule has 2 aromatic carbocycles. The zero-order valence-corrected chi connectivity index (χ0v) is 38.4. The Morgan fingerprint density at radius 2 is 1.00 bits per heavy atom. The maximum Gasteiger partial charge on any atom is 0.159 e. The van der Waals surface area contributed by atoms with Crippen molar-refractivity contribution in [3.8, 4) is 11.5 Å². The Labute approximate surface area is 387 Å². The summed E-state index contributed by atoms with van der Waals surface area (Å²) in [6.45, 7) is 11.2. The summed E-state index contributed by atoms with van der Waals surface area (Å²) in [5.41, 5.74) is 15.7. The molecule has 332 valence electrons. The monoisotopic (exact) mass is 948 g/mol. The maximum atomic E-state index is 15.3. The van der Waals surface area contributed by atoms with Crippen LogP contribution in [0, 0.1) is 11.6 Å². The van der Waals surface area contributed by atoms with Gasteiger partial charge in [0.15, 0.2) is 45.1 Å². The van der Waals surface area contributed by atoms with Crippen LogP contribution in [0.25, 0.3) is 22.2 Å². The molecule has 64 heavy (non-hydrogen) atoms. The van der Waals surface area contributed by atoms with Crippen LogP contribution in [-0.2, 0) is 9.59 Å². The van der Waals surface area contributed by atoms with Crippen LogP contribution in [0.15, 0.2) is 73.4 Å². The molecule has 4 N–H and O–H groups in total. The first-order valence-electron chi connectivity index (χ1n) is 20.1. The first-order chi connectivity index (χ1) is 30.4. The predicted molar refractivity (Wildman–Crippen MR) is 248 cm³/mol. The summed E-state index contributed by atoms with van der Waals surface area (Å²) in [6, 6.07) is 3.08. The lowest BCUT2D eigenvalue weighted by Crippen LogP contribution is -2.14. The molecule has 2 atom stereocenters. The van der Waals surface area contributed by atoms with E-state index in [2.05, 4.69) is 19.9 Å². The fraction of sp³-hybridized carbons (Fsp3) is 0.261. The lowest BCUT2D eigenvalue weighted by atomic mass is 9.91. The largest absolute Gasteiger partial charge is 0.490 e. The smallest absolute Gasteiger partial charge is 0.159 e. The Kier molecular flexibility index (Phi) is 13.5. The van der Waals surface area contributed by atoms with Crippen LogP contribution in [0.1, 0.15) is 100 Å². The van der Waals surface area contributed by atoms with Gasteiger partial charge in [-0.25, -0.2) is 28.7 Å². The SMILES string of the molecule is CC(C)Oc1c([C@@H](C)c2nc(Cl)c3c(N)nccn23)cc(Cl)c(F)c1C1=CCC(=O)C=C1.CC(C)Oc1c([C@H](C)c2nc(Cl)c3c(N)nccn23)cc(Cl)c(F)c1C1=CCC(=O)C=C1. The van der Waals surface area contributed by atoms with Gasteiger partial charge in [0.05, 0.1) is 33.4 Å². The number of carbonyl (C=O) groups excluding carboxylic acids is 2. The number of hydrogen-bond acceptors (Lipinski definition) is 10. The van der Waals surface area contributed by atoms with Crippen molar-refractivity contribution in [3.63, 3.8) is 0 Å². The average Bonchev–Trinajstić information content (AvgIpc) is 3.78. The topological polar surface area (TPSA) is 165 Å².